The zero-order chi connectivity index (χ0) is 22.9. The lowest BCUT2D eigenvalue weighted by atomic mass is 10.1. The summed E-state index contributed by atoms with van der Waals surface area (Å²) >= 11 is 11.9. The van der Waals surface area contributed by atoms with E-state index in [-0.39, 0.29) is 52.9 Å². The van der Waals surface area contributed by atoms with Gasteiger partial charge in [0.05, 0.1) is 14.9 Å². The van der Waals surface area contributed by atoms with E-state index < -0.39 is 10.0 Å². The van der Waals surface area contributed by atoms with Gasteiger partial charge in [-0.3, -0.25) is 9.59 Å². The number of hydrogen-bond donors (Lipinski definition) is 0. The first-order chi connectivity index (χ1) is 15.3. The highest BCUT2D eigenvalue weighted by Crippen LogP contribution is 2.27. The maximum absolute atomic E-state index is 12.9. The molecule has 2 aromatic rings. The zero-order valence-electron chi connectivity index (χ0n) is 17.3. The maximum atomic E-state index is 12.9. The largest absolute Gasteiger partial charge is 0.336 e. The fraction of sp³-hybridized carbons (Fsp3) is 0.364. The lowest BCUT2D eigenvalue weighted by Crippen LogP contribution is -2.50. The van der Waals surface area contributed by atoms with Gasteiger partial charge in [0.15, 0.2) is 0 Å². The van der Waals surface area contributed by atoms with Crippen molar-refractivity contribution in [1.29, 1.82) is 0 Å². The molecule has 0 atom stereocenters. The molecule has 2 saturated heterocycles. The number of hydrogen-bond acceptors (Lipinski definition) is 4. The third-order valence-electron chi connectivity index (χ3n) is 5.80. The highest BCUT2D eigenvalue weighted by Gasteiger charge is 2.31. The molecule has 0 saturated carbocycles. The van der Waals surface area contributed by atoms with Crippen molar-refractivity contribution in [3.8, 4) is 0 Å². The third-order valence-corrected chi connectivity index (χ3v) is 8.44. The second-order valence-corrected chi connectivity index (χ2v) is 10.6. The Hall–Kier alpha value is -2.13. The topological polar surface area (TPSA) is 78.0 Å². The number of nitrogens with zero attached hydrogens (tertiary/aromatic N) is 3. The Bertz CT molecular complexity index is 1130. The predicted octanol–water partition coefficient (Wildman–Crippen LogP) is 3.66. The van der Waals surface area contributed by atoms with Crippen molar-refractivity contribution in [2.24, 2.45) is 0 Å². The quantitative estimate of drug-likeness (QED) is 0.648. The average molecular weight is 496 g/mol. The Morgan fingerprint density at radius 2 is 1.53 bits per heavy atom. The van der Waals surface area contributed by atoms with E-state index in [9.17, 15) is 18.0 Å². The lowest BCUT2D eigenvalue weighted by molar-refractivity contribution is -0.119. The van der Waals surface area contributed by atoms with E-state index >= 15 is 0 Å². The van der Waals surface area contributed by atoms with Crippen molar-refractivity contribution in [3.05, 3.63) is 58.1 Å². The van der Waals surface area contributed by atoms with Crippen LogP contribution in [0.2, 0.25) is 10.0 Å². The van der Waals surface area contributed by atoms with Gasteiger partial charge in [-0.05, 0) is 55.3 Å². The van der Waals surface area contributed by atoms with Crippen LogP contribution in [0.4, 0.5) is 5.69 Å². The van der Waals surface area contributed by atoms with E-state index in [2.05, 4.69) is 0 Å². The molecule has 0 radical (unpaired) electrons. The molecule has 0 aromatic heterocycles. The van der Waals surface area contributed by atoms with Gasteiger partial charge in [-0.15, -0.1) is 0 Å². The molecular weight excluding hydrogens is 473 g/mol. The molecule has 7 nitrogen and oxygen atoms in total. The van der Waals surface area contributed by atoms with Crippen LogP contribution in [0.5, 0.6) is 0 Å². The monoisotopic (exact) mass is 495 g/mol. The Balaban J connectivity index is 1.40. The van der Waals surface area contributed by atoms with Crippen LogP contribution < -0.4 is 4.90 Å². The van der Waals surface area contributed by atoms with Gasteiger partial charge < -0.3 is 9.80 Å². The molecule has 2 aromatic carbocycles. The Morgan fingerprint density at radius 1 is 0.844 bits per heavy atom. The molecule has 0 bridgehead atoms. The first-order valence-electron chi connectivity index (χ1n) is 10.4. The van der Waals surface area contributed by atoms with Crippen LogP contribution in [0.15, 0.2) is 47.4 Å². The second kappa shape index (κ2) is 9.39. The number of benzene rings is 2. The molecule has 32 heavy (non-hydrogen) atoms. The number of rotatable bonds is 4. The van der Waals surface area contributed by atoms with E-state index in [0.29, 0.717) is 18.5 Å². The summed E-state index contributed by atoms with van der Waals surface area (Å²) in [5, 5.41) is 0.466. The smallest absolute Gasteiger partial charge is 0.253 e. The van der Waals surface area contributed by atoms with Crippen molar-refractivity contribution in [2.75, 3.05) is 37.6 Å². The zero-order valence-corrected chi connectivity index (χ0v) is 19.7. The van der Waals surface area contributed by atoms with Gasteiger partial charge in [0.25, 0.3) is 5.91 Å². The Labute approximate surface area is 197 Å². The Morgan fingerprint density at radius 3 is 2.16 bits per heavy atom. The molecule has 0 spiro atoms. The van der Waals surface area contributed by atoms with Gasteiger partial charge in [-0.1, -0.05) is 23.2 Å². The summed E-state index contributed by atoms with van der Waals surface area (Å²) in [6, 6.07) is 11.2. The van der Waals surface area contributed by atoms with Crippen molar-refractivity contribution >= 4 is 50.7 Å². The Kier molecular flexibility index (Phi) is 6.76. The van der Waals surface area contributed by atoms with Crippen molar-refractivity contribution in [1.82, 2.24) is 9.21 Å². The van der Waals surface area contributed by atoms with Crippen LogP contribution in [-0.2, 0) is 14.8 Å². The van der Waals surface area contributed by atoms with E-state index in [4.69, 9.17) is 23.2 Å². The molecule has 0 aliphatic carbocycles. The minimum atomic E-state index is -3.72. The van der Waals surface area contributed by atoms with Gasteiger partial charge in [-0.25, -0.2) is 8.42 Å². The van der Waals surface area contributed by atoms with Crippen LogP contribution in [0, 0.1) is 0 Å². The number of piperazine rings is 1. The number of amides is 2. The minimum Gasteiger partial charge on any atom is -0.336 e. The van der Waals surface area contributed by atoms with Gasteiger partial charge >= 0.3 is 0 Å². The normalized spacial score (nSPS) is 18.1. The maximum Gasteiger partial charge on any atom is 0.253 e. The number of halogens is 2. The first-order valence-corrected chi connectivity index (χ1v) is 12.6. The summed E-state index contributed by atoms with van der Waals surface area (Å²) < 4.78 is 27.1. The average Bonchev–Trinajstić information content (AvgIpc) is 2.81. The highest BCUT2D eigenvalue weighted by atomic mass is 35.5. The van der Waals surface area contributed by atoms with Gasteiger partial charge in [-0.2, -0.15) is 4.31 Å². The minimum absolute atomic E-state index is 0.0783. The van der Waals surface area contributed by atoms with Crippen molar-refractivity contribution in [2.45, 2.75) is 24.2 Å². The number of anilines is 1. The summed E-state index contributed by atoms with van der Waals surface area (Å²) in [5.41, 5.74) is 1.31. The van der Waals surface area contributed by atoms with Crippen LogP contribution >= 0.6 is 23.2 Å². The molecule has 2 aliphatic heterocycles. The van der Waals surface area contributed by atoms with E-state index in [1.165, 1.54) is 22.5 Å². The van der Waals surface area contributed by atoms with Crippen LogP contribution in [0.25, 0.3) is 0 Å². The number of carbonyl (C=O) groups excluding carboxylic acids is 2. The summed E-state index contributed by atoms with van der Waals surface area (Å²) in [6.07, 6.45) is 2.44. The molecule has 0 unspecified atom stereocenters. The molecule has 2 aliphatic rings. The van der Waals surface area contributed by atoms with E-state index in [1.54, 1.807) is 34.1 Å². The lowest BCUT2D eigenvalue weighted by Gasteiger charge is -2.34. The molecule has 4 rings (SSSR count). The SMILES string of the molecule is O=C(c1ccc(N2CCCCC2=O)cc1)N1CCN(S(=O)(=O)c2ccc(Cl)c(Cl)c2)CC1. The fourth-order valence-electron chi connectivity index (χ4n) is 3.96. The van der Waals surface area contributed by atoms with E-state index in [1.807, 2.05) is 0 Å². The van der Waals surface area contributed by atoms with E-state index in [0.717, 1.165) is 18.5 Å². The van der Waals surface area contributed by atoms with Crippen LogP contribution in [-0.4, -0.2) is 62.2 Å². The standard InChI is InChI=1S/C22H23Cl2N3O4S/c23-19-9-8-18(15-20(19)24)32(30,31)26-13-11-25(12-14-26)22(29)16-4-6-17(7-5-16)27-10-2-1-3-21(27)28/h4-9,15H,1-3,10-14H2. The number of sulfonamides is 1. The highest BCUT2D eigenvalue weighted by molar-refractivity contribution is 7.89. The molecule has 2 fully saturated rings. The van der Waals surface area contributed by atoms with Crippen molar-refractivity contribution in [3.63, 3.8) is 0 Å². The third kappa shape index (κ3) is 4.64. The molecule has 0 N–H and O–H groups in total. The first kappa shape index (κ1) is 23.0. The summed E-state index contributed by atoms with van der Waals surface area (Å²) in [6.45, 7) is 1.64. The molecule has 10 heteroatoms. The molecular formula is C22H23Cl2N3O4S. The van der Waals surface area contributed by atoms with Crippen LogP contribution in [0.3, 0.4) is 0 Å². The van der Waals surface area contributed by atoms with Gasteiger partial charge in [0.2, 0.25) is 15.9 Å². The van der Waals surface area contributed by atoms with Gasteiger partial charge in [0.1, 0.15) is 0 Å². The molecule has 170 valence electrons. The predicted molar refractivity (Wildman–Crippen MR) is 124 cm³/mol. The second-order valence-electron chi connectivity index (χ2n) is 7.82. The van der Waals surface area contributed by atoms with Crippen molar-refractivity contribution < 1.29 is 18.0 Å². The fourth-order valence-corrected chi connectivity index (χ4v) is 5.78. The number of piperidine rings is 1. The molecule has 2 amide bonds. The number of carbonyl (C=O) groups is 2. The summed E-state index contributed by atoms with van der Waals surface area (Å²) in [7, 11) is -3.72. The molecule has 2 heterocycles. The summed E-state index contributed by atoms with van der Waals surface area (Å²) in [4.78, 5) is 28.5. The summed E-state index contributed by atoms with van der Waals surface area (Å²) in [5.74, 6) is -0.0530. The van der Waals surface area contributed by atoms with Crippen LogP contribution in [0.1, 0.15) is 29.6 Å². The van der Waals surface area contributed by atoms with Gasteiger partial charge in [0, 0.05) is 50.4 Å².